The summed E-state index contributed by atoms with van der Waals surface area (Å²) in [4.78, 5) is 14.4. The molecule has 96 valence electrons. The Hall–Kier alpha value is -0.880. The fraction of sp³-hybridized carbons (Fsp3) is 0.133. The summed E-state index contributed by atoms with van der Waals surface area (Å²) in [5.74, 6) is 0.0771. The van der Waals surface area contributed by atoms with E-state index >= 15 is 0 Å². The van der Waals surface area contributed by atoms with Crippen LogP contribution in [0.25, 0.3) is 0 Å². The van der Waals surface area contributed by atoms with Gasteiger partial charge in [0.15, 0.2) is 0 Å². The predicted molar refractivity (Wildman–Crippen MR) is 88.7 cm³/mol. The highest BCUT2D eigenvalue weighted by Gasteiger charge is 2.25. The number of benzene rings is 2. The summed E-state index contributed by atoms with van der Waals surface area (Å²) >= 11 is 5.71. The molecule has 3 rings (SSSR count). The number of anilines is 1. The van der Waals surface area contributed by atoms with Crippen molar-refractivity contribution in [2.75, 3.05) is 11.4 Å². The Morgan fingerprint density at radius 3 is 2.63 bits per heavy atom. The number of halogens is 2. The molecule has 1 heterocycles. The van der Waals surface area contributed by atoms with Gasteiger partial charge in [0.2, 0.25) is 0 Å². The maximum atomic E-state index is 12.5. The maximum Gasteiger partial charge on any atom is 0.258 e. The minimum absolute atomic E-state index is 0.0771. The first-order chi connectivity index (χ1) is 9.15. The van der Waals surface area contributed by atoms with Crippen LogP contribution >= 0.6 is 38.5 Å². The van der Waals surface area contributed by atoms with Crippen molar-refractivity contribution in [2.45, 2.75) is 6.42 Å². The first-order valence-corrected chi connectivity index (χ1v) is 7.88. The van der Waals surface area contributed by atoms with Gasteiger partial charge in [0.1, 0.15) is 0 Å². The highest BCUT2D eigenvalue weighted by Crippen LogP contribution is 2.32. The van der Waals surface area contributed by atoms with Crippen LogP contribution in [-0.4, -0.2) is 12.5 Å². The normalized spacial score (nSPS) is 13.5. The summed E-state index contributed by atoms with van der Waals surface area (Å²) in [6.07, 6.45) is 0.929. The van der Waals surface area contributed by atoms with Gasteiger partial charge in [0.25, 0.3) is 5.91 Å². The maximum absolute atomic E-state index is 12.5. The quantitative estimate of drug-likeness (QED) is 0.623. The summed E-state index contributed by atoms with van der Waals surface area (Å²) in [6, 6.07) is 13.8. The predicted octanol–water partition coefficient (Wildman–Crippen LogP) is 4.26. The van der Waals surface area contributed by atoms with Crippen molar-refractivity contribution in [3.8, 4) is 0 Å². The number of hydrogen-bond acceptors (Lipinski definition) is 1. The van der Waals surface area contributed by atoms with Crippen LogP contribution in [0.15, 0.2) is 46.9 Å². The molecule has 0 atom stereocenters. The molecule has 0 bridgehead atoms. The molecule has 19 heavy (non-hydrogen) atoms. The highest BCUT2D eigenvalue weighted by atomic mass is 127. The van der Waals surface area contributed by atoms with Crippen LogP contribution in [0, 0.1) is 3.57 Å². The molecule has 2 aromatic rings. The van der Waals surface area contributed by atoms with Crippen LogP contribution in [0.5, 0.6) is 0 Å². The Bertz CT molecular complexity index is 639. The summed E-state index contributed by atoms with van der Waals surface area (Å²) in [5, 5.41) is 0. The molecule has 4 heteroatoms. The fourth-order valence-electron chi connectivity index (χ4n) is 2.31. The average Bonchev–Trinajstić information content (AvgIpc) is 2.81. The number of amides is 1. The zero-order chi connectivity index (χ0) is 13.4. The second-order valence-electron chi connectivity index (χ2n) is 4.49. The van der Waals surface area contributed by atoms with Gasteiger partial charge in [0.05, 0.1) is 0 Å². The second-order valence-corrected chi connectivity index (χ2v) is 6.65. The minimum atomic E-state index is 0.0771. The van der Waals surface area contributed by atoms with Gasteiger partial charge in [0, 0.05) is 25.8 Å². The Balaban J connectivity index is 1.95. The minimum Gasteiger partial charge on any atom is -0.308 e. The molecular formula is C15H11BrINO. The Morgan fingerprint density at radius 2 is 1.89 bits per heavy atom. The van der Waals surface area contributed by atoms with Gasteiger partial charge in [-0.15, -0.1) is 0 Å². The molecule has 0 saturated heterocycles. The topological polar surface area (TPSA) is 20.3 Å². The van der Waals surface area contributed by atoms with Gasteiger partial charge >= 0.3 is 0 Å². The van der Waals surface area contributed by atoms with Crippen LogP contribution in [0.2, 0.25) is 0 Å². The molecule has 1 aliphatic heterocycles. The van der Waals surface area contributed by atoms with E-state index in [9.17, 15) is 4.79 Å². The van der Waals surface area contributed by atoms with Crippen molar-refractivity contribution in [3.63, 3.8) is 0 Å². The van der Waals surface area contributed by atoms with Gasteiger partial charge < -0.3 is 4.90 Å². The molecule has 1 amide bonds. The van der Waals surface area contributed by atoms with Gasteiger partial charge in [-0.2, -0.15) is 0 Å². The van der Waals surface area contributed by atoms with E-state index in [2.05, 4.69) is 44.6 Å². The smallest absolute Gasteiger partial charge is 0.258 e. The van der Waals surface area contributed by atoms with Crippen LogP contribution in [0.3, 0.4) is 0 Å². The molecule has 0 spiro atoms. The molecule has 0 fully saturated rings. The van der Waals surface area contributed by atoms with Crippen molar-refractivity contribution in [2.24, 2.45) is 0 Å². The van der Waals surface area contributed by atoms with Crippen LogP contribution < -0.4 is 4.90 Å². The lowest BCUT2D eigenvalue weighted by molar-refractivity contribution is 0.0989. The van der Waals surface area contributed by atoms with E-state index in [4.69, 9.17) is 0 Å². The van der Waals surface area contributed by atoms with E-state index in [1.54, 1.807) is 0 Å². The lowest BCUT2D eigenvalue weighted by Gasteiger charge is -2.17. The Labute approximate surface area is 134 Å². The van der Waals surface area contributed by atoms with Gasteiger partial charge in [-0.1, -0.05) is 22.0 Å². The lowest BCUT2D eigenvalue weighted by atomic mass is 10.1. The van der Waals surface area contributed by atoms with Crippen molar-refractivity contribution in [3.05, 3.63) is 61.6 Å². The molecule has 1 aliphatic rings. The van der Waals surface area contributed by atoms with E-state index in [0.29, 0.717) is 0 Å². The second kappa shape index (κ2) is 5.25. The van der Waals surface area contributed by atoms with Crippen molar-refractivity contribution in [1.29, 1.82) is 0 Å². The molecule has 0 saturated carbocycles. The van der Waals surface area contributed by atoms with Crippen LogP contribution in [0.4, 0.5) is 5.69 Å². The SMILES string of the molecule is O=C(c1ccc(I)cc1)N1CCc2ccc(Br)cc21. The molecule has 0 radical (unpaired) electrons. The van der Waals surface area contributed by atoms with Crippen molar-refractivity contribution in [1.82, 2.24) is 0 Å². The Morgan fingerprint density at radius 1 is 1.16 bits per heavy atom. The fourth-order valence-corrected chi connectivity index (χ4v) is 3.02. The number of hydrogen-bond donors (Lipinski definition) is 0. The molecule has 2 nitrogen and oxygen atoms in total. The van der Waals surface area contributed by atoms with Crippen molar-refractivity contribution < 1.29 is 4.79 Å². The first-order valence-electron chi connectivity index (χ1n) is 6.01. The van der Waals surface area contributed by atoms with E-state index < -0.39 is 0 Å². The molecule has 0 unspecified atom stereocenters. The van der Waals surface area contributed by atoms with Gasteiger partial charge in [-0.05, 0) is 71.0 Å². The zero-order valence-corrected chi connectivity index (χ0v) is 13.8. The number of carbonyl (C=O) groups is 1. The number of nitrogens with zero attached hydrogens (tertiary/aromatic N) is 1. The van der Waals surface area contributed by atoms with Crippen LogP contribution in [-0.2, 0) is 6.42 Å². The van der Waals surface area contributed by atoms with Gasteiger partial charge in [-0.3, -0.25) is 4.79 Å². The standard InChI is InChI=1S/C15H11BrINO/c16-12-4-1-10-7-8-18(14(10)9-12)15(19)11-2-5-13(17)6-3-11/h1-6,9H,7-8H2. The molecule has 2 aromatic carbocycles. The summed E-state index contributed by atoms with van der Waals surface area (Å²) in [6.45, 7) is 0.761. The third kappa shape index (κ3) is 2.56. The van der Waals surface area contributed by atoms with E-state index in [1.807, 2.05) is 41.3 Å². The van der Waals surface area contributed by atoms with Crippen molar-refractivity contribution >= 4 is 50.1 Å². The molecule has 0 aromatic heterocycles. The number of rotatable bonds is 1. The summed E-state index contributed by atoms with van der Waals surface area (Å²) in [5.41, 5.74) is 3.01. The number of fused-ring (bicyclic) bond motifs is 1. The summed E-state index contributed by atoms with van der Waals surface area (Å²) in [7, 11) is 0. The van der Waals surface area contributed by atoms with Crippen LogP contribution in [0.1, 0.15) is 15.9 Å². The molecule has 0 aliphatic carbocycles. The zero-order valence-electron chi connectivity index (χ0n) is 10.1. The van der Waals surface area contributed by atoms with E-state index in [1.165, 1.54) is 5.56 Å². The average molecular weight is 428 g/mol. The number of carbonyl (C=O) groups excluding carboxylic acids is 1. The molecular weight excluding hydrogens is 417 g/mol. The van der Waals surface area contributed by atoms with E-state index in [0.717, 1.165) is 32.3 Å². The first kappa shape index (κ1) is 13.1. The monoisotopic (exact) mass is 427 g/mol. The third-order valence-electron chi connectivity index (χ3n) is 3.28. The largest absolute Gasteiger partial charge is 0.308 e. The lowest BCUT2D eigenvalue weighted by Crippen LogP contribution is -2.28. The molecule has 0 N–H and O–H groups in total. The Kier molecular flexibility index (Phi) is 3.62. The third-order valence-corrected chi connectivity index (χ3v) is 4.49. The summed E-state index contributed by atoms with van der Waals surface area (Å²) < 4.78 is 2.15. The highest BCUT2D eigenvalue weighted by molar-refractivity contribution is 14.1. The van der Waals surface area contributed by atoms with E-state index in [-0.39, 0.29) is 5.91 Å². The van der Waals surface area contributed by atoms with Gasteiger partial charge in [-0.25, -0.2) is 0 Å².